The van der Waals surface area contributed by atoms with Crippen molar-refractivity contribution in [1.29, 1.82) is 5.26 Å². The van der Waals surface area contributed by atoms with Crippen molar-refractivity contribution >= 4 is 5.78 Å². The molecule has 1 aromatic rings. The molecule has 0 aromatic heterocycles. The van der Waals surface area contributed by atoms with E-state index in [1.807, 2.05) is 6.07 Å². The normalized spacial score (nSPS) is 10.6. The highest BCUT2D eigenvalue weighted by Crippen LogP contribution is 2.15. The number of ether oxygens (including phenoxy) is 1. The first-order valence-corrected chi connectivity index (χ1v) is 5.05. The first kappa shape index (κ1) is 12.8. The Kier molecular flexibility index (Phi) is 4.29. The Morgan fingerprint density at radius 2 is 2.18 bits per heavy atom. The van der Waals surface area contributed by atoms with Crippen molar-refractivity contribution in [3.8, 4) is 11.8 Å². The van der Waals surface area contributed by atoms with Crippen molar-refractivity contribution in [2.45, 2.75) is 0 Å². The first-order chi connectivity index (χ1) is 8.08. The van der Waals surface area contributed by atoms with E-state index < -0.39 is 0 Å². The SMILES string of the molecule is COc1cccc(C(=O)C(C#N)=CN(C)C)c1. The van der Waals surface area contributed by atoms with Crippen LogP contribution >= 0.6 is 0 Å². The molecule has 0 aliphatic heterocycles. The molecule has 4 heteroatoms. The molecule has 1 aromatic carbocycles. The molecule has 0 fully saturated rings. The van der Waals surface area contributed by atoms with Gasteiger partial charge in [0, 0.05) is 25.9 Å². The minimum atomic E-state index is -0.305. The zero-order chi connectivity index (χ0) is 12.8. The smallest absolute Gasteiger partial charge is 0.205 e. The van der Waals surface area contributed by atoms with Gasteiger partial charge < -0.3 is 9.64 Å². The third kappa shape index (κ3) is 3.35. The Bertz CT molecular complexity index is 484. The molecule has 88 valence electrons. The number of methoxy groups -OCH3 is 1. The number of carbonyl (C=O) groups is 1. The van der Waals surface area contributed by atoms with E-state index in [4.69, 9.17) is 10.00 Å². The minimum Gasteiger partial charge on any atom is -0.497 e. The molecular weight excluding hydrogens is 216 g/mol. The standard InChI is InChI=1S/C13H14N2O2/c1-15(2)9-11(8-14)13(16)10-5-4-6-12(7-10)17-3/h4-7,9H,1-3H3. The average molecular weight is 230 g/mol. The van der Waals surface area contributed by atoms with Crippen LogP contribution in [-0.2, 0) is 0 Å². The number of nitrogens with zero attached hydrogens (tertiary/aromatic N) is 2. The zero-order valence-electron chi connectivity index (χ0n) is 10.1. The molecule has 0 amide bonds. The quantitative estimate of drug-likeness (QED) is 0.450. The molecule has 0 spiro atoms. The third-order valence-electron chi connectivity index (χ3n) is 2.08. The van der Waals surface area contributed by atoms with Crippen molar-refractivity contribution in [1.82, 2.24) is 4.90 Å². The van der Waals surface area contributed by atoms with Crippen molar-refractivity contribution in [2.24, 2.45) is 0 Å². The number of allylic oxidation sites excluding steroid dienone is 1. The van der Waals surface area contributed by atoms with Crippen LogP contribution in [0.1, 0.15) is 10.4 Å². The van der Waals surface area contributed by atoms with Crippen LogP contribution in [0.4, 0.5) is 0 Å². The summed E-state index contributed by atoms with van der Waals surface area (Å²) >= 11 is 0. The molecule has 0 aliphatic rings. The maximum atomic E-state index is 12.0. The number of benzene rings is 1. The lowest BCUT2D eigenvalue weighted by atomic mass is 10.0. The fourth-order valence-electron chi connectivity index (χ4n) is 1.32. The van der Waals surface area contributed by atoms with Crippen LogP contribution in [-0.4, -0.2) is 31.9 Å². The first-order valence-electron chi connectivity index (χ1n) is 5.05. The molecule has 0 bridgehead atoms. The van der Waals surface area contributed by atoms with Crippen molar-refractivity contribution < 1.29 is 9.53 Å². The molecule has 0 unspecified atom stereocenters. The summed E-state index contributed by atoms with van der Waals surface area (Å²) in [6.07, 6.45) is 1.50. The number of hydrogen-bond donors (Lipinski definition) is 0. The third-order valence-corrected chi connectivity index (χ3v) is 2.08. The lowest BCUT2D eigenvalue weighted by molar-refractivity contribution is 0.103. The summed E-state index contributed by atoms with van der Waals surface area (Å²) in [7, 11) is 5.05. The zero-order valence-corrected chi connectivity index (χ0v) is 10.1. The van der Waals surface area contributed by atoms with E-state index in [-0.39, 0.29) is 11.4 Å². The van der Waals surface area contributed by atoms with E-state index in [1.54, 1.807) is 43.3 Å². The predicted octanol–water partition coefficient (Wildman–Crippen LogP) is 1.85. The molecule has 1 rings (SSSR count). The van der Waals surface area contributed by atoms with Gasteiger partial charge in [-0.3, -0.25) is 4.79 Å². The Labute approximate surface area is 101 Å². The number of carbonyl (C=O) groups excluding carboxylic acids is 1. The van der Waals surface area contributed by atoms with E-state index in [9.17, 15) is 4.79 Å². The van der Waals surface area contributed by atoms with Crippen LogP contribution in [0.3, 0.4) is 0 Å². The van der Waals surface area contributed by atoms with Crippen LogP contribution in [0.2, 0.25) is 0 Å². The van der Waals surface area contributed by atoms with Crippen LogP contribution in [0.15, 0.2) is 36.0 Å². The van der Waals surface area contributed by atoms with Gasteiger partial charge in [0.15, 0.2) is 0 Å². The molecule has 0 saturated carbocycles. The highest BCUT2D eigenvalue weighted by Gasteiger charge is 2.12. The lowest BCUT2D eigenvalue weighted by Gasteiger charge is -2.06. The Morgan fingerprint density at radius 3 is 2.71 bits per heavy atom. The largest absolute Gasteiger partial charge is 0.497 e. The van der Waals surface area contributed by atoms with E-state index >= 15 is 0 Å². The average Bonchev–Trinajstić information content (AvgIpc) is 2.35. The Balaban J connectivity index is 3.07. The lowest BCUT2D eigenvalue weighted by Crippen LogP contribution is -2.08. The van der Waals surface area contributed by atoms with Gasteiger partial charge in [0.2, 0.25) is 5.78 Å². The van der Waals surface area contributed by atoms with Gasteiger partial charge in [0.1, 0.15) is 17.4 Å². The molecule has 0 radical (unpaired) electrons. The molecule has 0 heterocycles. The van der Waals surface area contributed by atoms with E-state index in [0.717, 1.165) is 0 Å². The highest BCUT2D eigenvalue weighted by atomic mass is 16.5. The number of Topliss-reactive ketones (excluding diaryl/α,β-unsaturated/α-hetero) is 1. The predicted molar refractivity (Wildman–Crippen MR) is 64.7 cm³/mol. The summed E-state index contributed by atoms with van der Waals surface area (Å²) in [5, 5.41) is 8.94. The van der Waals surface area contributed by atoms with E-state index in [1.165, 1.54) is 13.3 Å². The van der Waals surface area contributed by atoms with E-state index in [2.05, 4.69) is 0 Å². The summed E-state index contributed by atoms with van der Waals surface area (Å²) < 4.78 is 5.03. The Morgan fingerprint density at radius 1 is 1.47 bits per heavy atom. The summed E-state index contributed by atoms with van der Waals surface area (Å²) in [6, 6.07) is 8.64. The number of rotatable bonds is 4. The molecular formula is C13H14N2O2. The van der Waals surface area contributed by atoms with Gasteiger partial charge in [-0.15, -0.1) is 0 Å². The van der Waals surface area contributed by atoms with Crippen LogP contribution < -0.4 is 4.74 Å². The number of nitriles is 1. The minimum absolute atomic E-state index is 0.100. The second-order valence-electron chi connectivity index (χ2n) is 3.68. The van der Waals surface area contributed by atoms with Gasteiger partial charge in [-0.25, -0.2) is 0 Å². The number of hydrogen-bond acceptors (Lipinski definition) is 4. The monoisotopic (exact) mass is 230 g/mol. The Hall–Kier alpha value is -2.28. The fourth-order valence-corrected chi connectivity index (χ4v) is 1.32. The maximum absolute atomic E-state index is 12.0. The summed E-state index contributed by atoms with van der Waals surface area (Å²) in [6.45, 7) is 0. The molecule has 0 aliphatic carbocycles. The van der Waals surface area contributed by atoms with Crippen LogP contribution in [0, 0.1) is 11.3 Å². The van der Waals surface area contributed by atoms with Gasteiger partial charge in [-0.2, -0.15) is 5.26 Å². The van der Waals surface area contributed by atoms with Gasteiger partial charge >= 0.3 is 0 Å². The van der Waals surface area contributed by atoms with Gasteiger partial charge in [-0.1, -0.05) is 12.1 Å². The molecule has 4 nitrogen and oxygen atoms in total. The summed E-state index contributed by atoms with van der Waals surface area (Å²) in [4.78, 5) is 13.7. The molecule has 0 N–H and O–H groups in total. The van der Waals surface area contributed by atoms with Crippen molar-refractivity contribution in [2.75, 3.05) is 21.2 Å². The summed E-state index contributed by atoms with van der Waals surface area (Å²) in [5.74, 6) is 0.290. The maximum Gasteiger partial charge on any atom is 0.205 e. The van der Waals surface area contributed by atoms with Gasteiger partial charge in [0.25, 0.3) is 0 Å². The second-order valence-corrected chi connectivity index (χ2v) is 3.68. The molecule has 0 atom stereocenters. The topological polar surface area (TPSA) is 53.3 Å². The van der Waals surface area contributed by atoms with Crippen LogP contribution in [0.25, 0.3) is 0 Å². The number of ketones is 1. The fraction of sp³-hybridized carbons (Fsp3) is 0.231. The molecule has 17 heavy (non-hydrogen) atoms. The van der Waals surface area contributed by atoms with Crippen molar-refractivity contribution in [3.63, 3.8) is 0 Å². The van der Waals surface area contributed by atoms with Gasteiger partial charge in [-0.05, 0) is 12.1 Å². The molecule has 0 saturated heterocycles. The highest BCUT2D eigenvalue weighted by molar-refractivity contribution is 6.11. The second kappa shape index (κ2) is 5.71. The van der Waals surface area contributed by atoms with Crippen LogP contribution in [0.5, 0.6) is 5.75 Å². The summed E-state index contributed by atoms with van der Waals surface area (Å²) in [5.41, 5.74) is 0.544. The van der Waals surface area contributed by atoms with Crippen molar-refractivity contribution in [3.05, 3.63) is 41.6 Å². The van der Waals surface area contributed by atoms with Gasteiger partial charge in [0.05, 0.1) is 7.11 Å². The van der Waals surface area contributed by atoms with E-state index in [0.29, 0.717) is 11.3 Å².